The Balaban J connectivity index is 1.64. The van der Waals surface area contributed by atoms with Crippen LogP contribution >= 0.6 is 11.3 Å². The fraction of sp³-hybridized carbons (Fsp3) is 0.238. The van der Waals surface area contributed by atoms with Crippen LogP contribution in [-0.2, 0) is 16.8 Å². The van der Waals surface area contributed by atoms with E-state index < -0.39 is 0 Å². The molecule has 0 unspecified atom stereocenters. The lowest BCUT2D eigenvalue weighted by Crippen LogP contribution is -2.28. The van der Waals surface area contributed by atoms with Gasteiger partial charge in [0.1, 0.15) is 17.2 Å². The van der Waals surface area contributed by atoms with E-state index >= 15 is 0 Å². The van der Waals surface area contributed by atoms with Crippen molar-refractivity contribution in [2.45, 2.75) is 32.7 Å². The Kier molecular flexibility index (Phi) is 4.79. The number of fused-ring (bicyclic) bond motifs is 1. The lowest BCUT2D eigenvalue weighted by Gasteiger charge is -2.14. The minimum atomic E-state index is -0.319. The van der Waals surface area contributed by atoms with E-state index in [0.29, 0.717) is 16.0 Å². The van der Waals surface area contributed by atoms with Crippen LogP contribution in [0.15, 0.2) is 59.0 Å². The molecule has 7 nitrogen and oxygen atoms in total. The van der Waals surface area contributed by atoms with Crippen LogP contribution in [0.5, 0.6) is 0 Å². The van der Waals surface area contributed by atoms with Gasteiger partial charge >= 0.3 is 0 Å². The van der Waals surface area contributed by atoms with Gasteiger partial charge < -0.3 is 5.32 Å². The average molecular weight is 407 g/mol. The van der Waals surface area contributed by atoms with Crippen LogP contribution < -0.4 is 10.9 Å². The van der Waals surface area contributed by atoms with Gasteiger partial charge in [0.25, 0.3) is 5.56 Å². The summed E-state index contributed by atoms with van der Waals surface area (Å²) in [6.45, 7) is 6.08. The first-order valence-corrected chi connectivity index (χ1v) is 10.1. The summed E-state index contributed by atoms with van der Waals surface area (Å²) in [6.07, 6.45) is 1.41. The van der Waals surface area contributed by atoms with E-state index in [1.165, 1.54) is 22.2 Å². The van der Waals surface area contributed by atoms with Crippen LogP contribution in [0.3, 0.4) is 0 Å². The van der Waals surface area contributed by atoms with Crippen LogP contribution in [0.2, 0.25) is 0 Å². The molecule has 1 amide bonds. The summed E-state index contributed by atoms with van der Waals surface area (Å²) in [7, 11) is 0. The molecule has 0 aliphatic rings. The number of anilines is 1. The number of hydrogen-bond donors (Lipinski definition) is 1. The molecule has 0 saturated heterocycles. The van der Waals surface area contributed by atoms with E-state index in [0.717, 1.165) is 11.4 Å². The van der Waals surface area contributed by atoms with Gasteiger partial charge in [-0.25, -0.2) is 9.67 Å². The molecule has 0 atom stereocenters. The number of nitrogens with one attached hydrogen (secondary N) is 1. The zero-order valence-corrected chi connectivity index (χ0v) is 17.2. The number of amides is 1. The zero-order valence-electron chi connectivity index (χ0n) is 16.4. The molecular weight excluding hydrogens is 386 g/mol. The highest BCUT2D eigenvalue weighted by Crippen LogP contribution is 2.26. The Morgan fingerprint density at radius 3 is 2.66 bits per heavy atom. The van der Waals surface area contributed by atoms with Crippen molar-refractivity contribution < 1.29 is 4.79 Å². The first-order chi connectivity index (χ1) is 13.8. The predicted octanol–water partition coefficient (Wildman–Crippen LogP) is 3.58. The summed E-state index contributed by atoms with van der Waals surface area (Å²) in [4.78, 5) is 30.2. The largest absolute Gasteiger partial charge is 0.309 e. The van der Waals surface area contributed by atoms with E-state index in [1.807, 2.05) is 41.8 Å². The van der Waals surface area contributed by atoms with Crippen LogP contribution in [0.1, 0.15) is 26.5 Å². The fourth-order valence-electron chi connectivity index (χ4n) is 2.95. The Bertz CT molecular complexity index is 1230. The number of carbonyl (C=O) groups excluding carboxylic acids is 1. The smallest absolute Gasteiger partial charge is 0.262 e. The third-order valence-electron chi connectivity index (χ3n) is 4.51. The molecule has 8 heteroatoms. The van der Waals surface area contributed by atoms with Crippen LogP contribution in [0.4, 0.5) is 5.82 Å². The summed E-state index contributed by atoms with van der Waals surface area (Å²) < 4.78 is 3.03. The SMILES string of the molecule is CC(C)(C)c1cc(NC(=O)Cn2cnc3sccc3c2=O)n(-c2ccccc2)n1. The number of thiophene rings is 1. The van der Waals surface area contributed by atoms with Crippen LogP contribution in [0, 0.1) is 0 Å². The molecule has 0 aliphatic carbocycles. The maximum atomic E-state index is 12.7. The third kappa shape index (κ3) is 3.84. The highest BCUT2D eigenvalue weighted by molar-refractivity contribution is 7.16. The van der Waals surface area contributed by atoms with Gasteiger partial charge in [0.2, 0.25) is 5.91 Å². The zero-order chi connectivity index (χ0) is 20.6. The van der Waals surface area contributed by atoms with Crippen molar-refractivity contribution in [2.24, 2.45) is 0 Å². The molecule has 29 heavy (non-hydrogen) atoms. The van der Waals surface area contributed by atoms with Crippen molar-refractivity contribution in [2.75, 3.05) is 5.32 Å². The predicted molar refractivity (Wildman–Crippen MR) is 115 cm³/mol. The lowest BCUT2D eigenvalue weighted by atomic mass is 9.92. The number of rotatable bonds is 4. The standard InChI is InChI=1S/C21H21N5O2S/c1-21(2,3)16-11-17(26(24-16)14-7-5-4-6-8-14)23-18(27)12-25-13-22-19-15(20(25)28)9-10-29-19/h4-11,13H,12H2,1-3H3,(H,23,27). The van der Waals surface area contributed by atoms with Crippen molar-refractivity contribution in [3.05, 3.63) is 70.2 Å². The molecule has 4 aromatic rings. The molecule has 1 N–H and O–H groups in total. The highest BCUT2D eigenvalue weighted by atomic mass is 32.1. The Morgan fingerprint density at radius 1 is 1.17 bits per heavy atom. The number of nitrogens with zero attached hydrogens (tertiary/aromatic N) is 4. The maximum absolute atomic E-state index is 12.7. The van der Waals surface area contributed by atoms with Crippen LogP contribution in [-0.4, -0.2) is 25.2 Å². The van der Waals surface area contributed by atoms with Crippen molar-refractivity contribution in [1.82, 2.24) is 19.3 Å². The van der Waals surface area contributed by atoms with Crippen molar-refractivity contribution >= 4 is 33.3 Å². The highest BCUT2D eigenvalue weighted by Gasteiger charge is 2.21. The summed E-state index contributed by atoms with van der Waals surface area (Å²) in [5, 5.41) is 9.92. The van der Waals surface area contributed by atoms with Crippen molar-refractivity contribution in [1.29, 1.82) is 0 Å². The summed E-state index contributed by atoms with van der Waals surface area (Å²) in [6, 6.07) is 13.2. The summed E-state index contributed by atoms with van der Waals surface area (Å²) in [5.74, 6) is 0.241. The summed E-state index contributed by atoms with van der Waals surface area (Å²) in [5.41, 5.74) is 1.30. The number of benzene rings is 1. The average Bonchev–Trinajstić information content (AvgIpc) is 3.32. The Morgan fingerprint density at radius 2 is 1.93 bits per heavy atom. The number of carbonyl (C=O) groups is 1. The molecule has 0 aliphatic heterocycles. The minimum absolute atomic E-state index is 0.123. The fourth-order valence-corrected chi connectivity index (χ4v) is 3.67. The van der Waals surface area contributed by atoms with Crippen molar-refractivity contribution in [3.8, 4) is 5.69 Å². The molecule has 0 saturated carbocycles. The van der Waals surface area contributed by atoms with E-state index in [2.05, 4.69) is 36.2 Å². The monoisotopic (exact) mass is 407 g/mol. The summed E-state index contributed by atoms with van der Waals surface area (Å²) >= 11 is 1.40. The van der Waals surface area contributed by atoms with E-state index in [-0.39, 0.29) is 23.4 Å². The molecule has 0 radical (unpaired) electrons. The van der Waals surface area contributed by atoms with E-state index in [1.54, 1.807) is 10.7 Å². The number of hydrogen-bond acceptors (Lipinski definition) is 5. The van der Waals surface area contributed by atoms with Gasteiger partial charge in [-0.05, 0) is 23.6 Å². The quantitative estimate of drug-likeness (QED) is 0.561. The van der Waals surface area contributed by atoms with Gasteiger partial charge in [-0.2, -0.15) is 5.10 Å². The molecule has 0 spiro atoms. The second kappa shape index (κ2) is 7.29. The molecule has 4 rings (SSSR count). The lowest BCUT2D eigenvalue weighted by molar-refractivity contribution is -0.116. The topological polar surface area (TPSA) is 81.8 Å². The first kappa shape index (κ1) is 19.1. The minimum Gasteiger partial charge on any atom is -0.309 e. The van der Waals surface area contributed by atoms with Gasteiger partial charge in [0.15, 0.2) is 0 Å². The second-order valence-electron chi connectivity index (χ2n) is 7.78. The number of para-hydroxylation sites is 1. The number of aromatic nitrogens is 4. The Labute approximate surface area is 171 Å². The van der Waals surface area contributed by atoms with Gasteiger partial charge in [0, 0.05) is 11.5 Å². The molecule has 148 valence electrons. The molecule has 3 aromatic heterocycles. The maximum Gasteiger partial charge on any atom is 0.262 e. The van der Waals surface area contributed by atoms with Gasteiger partial charge in [-0.15, -0.1) is 11.3 Å². The molecule has 3 heterocycles. The van der Waals surface area contributed by atoms with Crippen molar-refractivity contribution in [3.63, 3.8) is 0 Å². The van der Waals surface area contributed by atoms with Gasteiger partial charge in [-0.1, -0.05) is 39.0 Å². The van der Waals surface area contributed by atoms with Crippen LogP contribution in [0.25, 0.3) is 15.9 Å². The third-order valence-corrected chi connectivity index (χ3v) is 5.33. The molecule has 0 bridgehead atoms. The van der Waals surface area contributed by atoms with E-state index in [9.17, 15) is 9.59 Å². The molecular formula is C21H21N5O2S. The second-order valence-corrected chi connectivity index (χ2v) is 8.67. The normalized spacial score (nSPS) is 11.7. The van der Waals surface area contributed by atoms with Gasteiger partial charge in [-0.3, -0.25) is 14.2 Å². The first-order valence-electron chi connectivity index (χ1n) is 9.21. The Hall–Kier alpha value is -3.26. The van der Waals surface area contributed by atoms with E-state index in [4.69, 9.17) is 0 Å². The molecule has 0 fully saturated rings. The van der Waals surface area contributed by atoms with Gasteiger partial charge in [0.05, 0.1) is 23.1 Å². The molecule has 1 aromatic carbocycles.